The van der Waals surface area contributed by atoms with Gasteiger partial charge in [0, 0.05) is 11.5 Å². The van der Waals surface area contributed by atoms with E-state index in [2.05, 4.69) is 64.3 Å². The fourth-order valence-corrected chi connectivity index (χ4v) is 3.08. The molecule has 0 bridgehead atoms. The highest BCUT2D eigenvalue weighted by Crippen LogP contribution is 2.45. The van der Waals surface area contributed by atoms with E-state index in [9.17, 15) is 4.79 Å². The molecule has 26 heavy (non-hydrogen) atoms. The third-order valence-corrected chi connectivity index (χ3v) is 4.78. The van der Waals surface area contributed by atoms with Crippen molar-refractivity contribution < 1.29 is 4.79 Å². The number of nitrogens with one attached hydrogen (secondary N) is 2. The van der Waals surface area contributed by atoms with E-state index < -0.39 is 0 Å². The number of anilines is 1. The molecular formula is C21H30N4O. The van der Waals surface area contributed by atoms with Gasteiger partial charge in [-0.15, -0.1) is 0 Å². The summed E-state index contributed by atoms with van der Waals surface area (Å²) in [5.41, 5.74) is 1.60. The zero-order valence-electron chi connectivity index (χ0n) is 16.7. The molecule has 0 radical (unpaired) electrons. The first-order chi connectivity index (χ1) is 12.0. The van der Waals surface area contributed by atoms with Gasteiger partial charge in [0.05, 0.1) is 16.8 Å². The maximum absolute atomic E-state index is 12.7. The highest BCUT2D eigenvalue weighted by Gasteiger charge is 2.45. The Kier molecular flexibility index (Phi) is 4.37. The number of carbonyl (C=O) groups excluding carboxylic acids is 1. The predicted molar refractivity (Wildman–Crippen MR) is 105 cm³/mol. The molecule has 0 aliphatic heterocycles. The Morgan fingerprint density at radius 2 is 1.69 bits per heavy atom. The summed E-state index contributed by atoms with van der Waals surface area (Å²) in [7, 11) is 0. The van der Waals surface area contributed by atoms with Crippen LogP contribution in [0.3, 0.4) is 0 Å². The van der Waals surface area contributed by atoms with Crippen molar-refractivity contribution in [1.29, 1.82) is 0 Å². The lowest BCUT2D eigenvalue weighted by atomic mass is 9.92. The first kappa shape index (κ1) is 18.5. The van der Waals surface area contributed by atoms with Gasteiger partial charge in [0.15, 0.2) is 0 Å². The van der Waals surface area contributed by atoms with E-state index in [-0.39, 0.29) is 22.5 Å². The summed E-state index contributed by atoms with van der Waals surface area (Å²) >= 11 is 0. The van der Waals surface area contributed by atoms with Crippen molar-refractivity contribution >= 4 is 11.8 Å². The Balaban J connectivity index is 1.80. The normalized spacial score (nSPS) is 16.2. The van der Waals surface area contributed by atoms with E-state index in [0.29, 0.717) is 0 Å². The molecule has 5 nitrogen and oxygen atoms in total. The van der Waals surface area contributed by atoms with E-state index in [1.807, 2.05) is 28.9 Å². The molecule has 1 fully saturated rings. The molecule has 1 aliphatic carbocycles. The molecule has 0 atom stereocenters. The molecule has 0 saturated heterocycles. The zero-order valence-corrected chi connectivity index (χ0v) is 16.7. The summed E-state index contributed by atoms with van der Waals surface area (Å²) in [6, 6.07) is 12.0. The Morgan fingerprint density at radius 1 is 1.08 bits per heavy atom. The molecule has 5 heteroatoms. The van der Waals surface area contributed by atoms with Crippen LogP contribution < -0.4 is 10.6 Å². The number of hydrogen-bond donors (Lipinski definition) is 2. The standard InChI is InChI=1S/C21H30N4O/c1-19(2,3)16-14-17(25(24-16)20(4,5)6)22-18(26)23-21(12-13-21)15-10-8-7-9-11-15/h7-11,14H,12-13H2,1-6H3,(H2,22,23,26). The van der Waals surface area contributed by atoms with Crippen LogP contribution in [0.25, 0.3) is 0 Å². The van der Waals surface area contributed by atoms with Crippen molar-refractivity contribution in [2.75, 3.05) is 5.32 Å². The van der Waals surface area contributed by atoms with Gasteiger partial charge in [0.1, 0.15) is 5.82 Å². The van der Waals surface area contributed by atoms with Gasteiger partial charge in [-0.05, 0) is 39.2 Å². The van der Waals surface area contributed by atoms with E-state index >= 15 is 0 Å². The van der Waals surface area contributed by atoms with Crippen LogP contribution in [0.15, 0.2) is 36.4 Å². The number of hydrogen-bond acceptors (Lipinski definition) is 2. The first-order valence-corrected chi connectivity index (χ1v) is 9.27. The minimum Gasteiger partial charge on any atom is -0.328 e. The van der Waals surface area contributed by atoms with Crippen molar-refractivity contribution in [3.8, 4) is 0 Å². The predicted octanol–water partition coefficient (Wildman–Crippen LogP) is 4.75. The van der Waals surface area contributed by atoms with E-state index in [4.69, 9.17) is 5.10 Å². The molecule has 3 rings (SSSR count). The number of rotatable bonds is 3. The fraction of sp³-hybridized carbons (Fsp3) is 0.524. The topological polar surface area (TPSA) is 59.0 Å². The SMILES string of the molecule is CC(C)(C)c1cc(NC(=O)NC2(c3ccccc3)CC2)n(C(C)(C)C)n1. The second-order valence-corrected chi connectivity index (χ2v) is 9.27. The molecule has 0 spiro atoms. The maximum atomic E-state index is 12.7. The molecular weight excluding hydrogens is 324 g/mol. The van der Waals surface area contributed by atoms with Gasteiger partial charge in [-0.25, -0.2) is 9.48 Å². The highest BCUT2D eigenvalue weighted by molar-refractivity contribution is 5.89. The quantitative estimate of drug-likeness (QED) is 0.836. The number of aromatic nitrogens is 2. The highest BCUT2D eigenvalue weighted by atomic mass is 16.2. The van der Waals surface area contributed by atoms with Crippen molar-refractivity contribution in [2.24, 2.45) is 0 Å². The molecule has 140 valence electrons. The summed E-state index contributed by atoms with van der Waals surface area (Å²) in [6.45, 7) is 12.6. The van der Waals surface area contributed by atoms with Gasteiger partial charge in [-0.1, -0.05) is 51.1 Å². The molecule has 1 heterocycles. The summed E-state index contributed by atoms with van der Waals surface area (Å²) in [5, 5.41) is 10.9. The molecule has 1 aromatic carbocycles. The average Bonchev–Trinajstić information content (AvgIpc) is 3.16. The molecule has 0 unspecified atom stereocenters. The van der Waals surface area contributed by atoms with Crippen molar-refractivity contribution in [1.82, 2.24) is 15.1 Å². The Hall–Kier alpha value is -2.30. The third kappa shape index (κ3) is 3.76. The number of urea groups is 1. The van der Waals surface area contributed by atoms with E-state index in [0.717, 1.165) is 29.9 Å². The summed E-state index contributed by atoms with van der Waals surface area (Å²) in [6.07, 6.45) is 1.94. The minimum absolute atomic E-state index is 0.0782. The van der Waals surface area contributed by atoms with Crippen LogP contribution in [-0.4, -0.2) is 15.8 Å². The fourth-order valence-electron chi connectivity index (χ4n) is 3.08. The summed E-state index contributed by atoms with van der Waals surface area (Å²) in [4.78, 5) is 12.7. The van der Waals surface area contributed by atoms with Crippen LogP contribution >= 0.6 is 0 Å². The maximum Gasteiger partial charge on any atom is 0.321 e. The number of nitrogens with zero attached hydrogens (tertiary/aromatic N) is 2. The van der Waals surface area contributed by atoms with Crippen LogP contribution in [0.4, 0.5) is 10.6 Å². The smallest absolute Gasteiger partial charge is 0.321 e. The second kappa shape index (κ2) is 6.15. The average molecular weight is 354 g/mol. The minimum atomic E-state index is -0.231. The molecule has 2 aromatic rings. The summed E-state index contributed by atoms with van der Waals surface area (Å²) < 4.78 is 1.90. The lowest BCUT2D eigenvalue weighted by Crippen LogP contribution is -2.39. The third-order valence-electron chi connectivity index (χ3n) is 4.78. The van der Waals surface area contributed by atoms with Crippen molar-refractivity contribution in [3.63, 3.8) is 0 Å². The monoisotopic (exact) mass is 354 g/mol. The van der Waals surface area contributed by atoms with Gasteiger partial charge in [0.25, 0.3) is 0 Å². The Morgan fingerprint density at radius 3 is 2.19 bits per heavy atom. The van der Waals surface area contributed by atoms with Crippen LogP contribution in [0, 0.1) is 0 Å². The van der Waals surface area contributed by atoms with Crippen molar-refractivity contribution in [3.05, 3.63) is 47.7 Å². The van der Waals surface area contributed by atoms with Gasteiger partial charge in [0.2, 0.25) is 0 Å². The largest absolute Gasteiger partial charge is 0.328 e. The zero-order chi connectivity index (χ0) is 19.2. The van der Waals surface area contributed by atoms with Crippen LogP contribution in [0.2, 0.25) is 0 Å². The van der Waals surface area contributed by atoms with E-state index in [1.54, 1.807) is 0 Å². The second-order valence-electron chi connectivity index (χ2n) is 9.27. The van der Waals surface area contributed by atoms with Gasteiger partial charge in [-0.2, -0.15) is 5.10 Å². The Labute approximate surface area is 156 Å². The van der Waals surface area contributed by atoms with Gasteiger partial charge < -0.3 is 5.32 Å². The molecule has 1 aliphatic rings. The molecule has 2 amide bonds. The lowest BCUT2D eigenvalue weighted by molar-refractivity contribution is 0.247. The Bertz CT molecular complexity index is 790. The van der Waals surface area contributed by atoms with Gasteiger partial charge >= 0.3 is 6.03 Å². The van der Waals surface area contributed by atoms with Crippen LogP contribution in [0.5, 0.6) is 0 Å². The molecule has 1 saturated carbocycles. The number of carbonyl (C=O) groups is 1. The van der Waals surface area contributed by atoms with Gasteiger partial charge in [-0.3, -0.25) is 5.32 Å². The number of amides is 2. The summed E-state index contributed by atoms with van der Waals surface area (Å²) in [5.74, 6) is 0.726. The van der Waals surface area contributed by atoms with Crippen LogP contribution in [0.1, 0.15) is 65.6 Å². The van der Waals surface area contributed by atoms with Crippen LogP contribution in [-0.2, 0) is 16.5 Å². The molecule has 2 N–H and O–H groups in total. The van der Waals surface area contributed by atoms with E-state index in [1.165, 1.54) is 0 Å². The first-order valence-electron chi connectivity index (χ1n) is 9.27. The number of benzene rings is 1. The molecule has 1 aromatic heterocycles. The van der Waals surface area contributed by atoms with Crippen molar-refractivity contribution in [2.45, 2.75) is 70.9 Å². The lowest BCUT2D eigenvalue weighted by Gasteiger charge is -2.24.